The third-order valence-corrected chi connectivity index (χ3v) is 9.85. The smallest absolute Gasteiger partial charge is 0.251 e. The topological polar surface area (TPSA) is 102 Å². The molecular formula is C33H36ClN5O3. The molecule has 2 amide bonds. The lowest BCUT2D eigenvalue weighted by molar-refractivity contribution is -0.144. The number of rotatable bonds is 4. The number of carbonyl (C=O) groups is 2. The summed E-state index contributed by atoms with van der Waals surface area (Å²) in [5, 5.41) is 9.80. The van der Waals surface area contributed by atoms with Gasteiger partial charge in [0.15, 0.2) is 0 Å². The molecule has 218 valence electrons. The summed E-state index contributed by atoms with van der Waals surface area (Å²) >= 11 is 6.66. The van der Waals surface area contributed by atoms with Crippen LogP contribution in [-0.4, -0.2) is 56.4 Å². The Kier molecular flexibility index (Phi) is 6.28. The zero-order valence-electron chi connectivity index (χ0n) is 24.3. The molecule has 0 unspecified atom stereocenters. The summed E-state index contributed by atoms with van der Waals surface area (Å²) in [6.45, 7) is 8.64. The monoisotopic (exact) mass is 585 g/mol. The van der Waals surface area contributed by atoms with E-state index >= 15 is 0 Å². The molecule has 3 aliphatic rings. The first-order chi connectivity index (χ1) is 20.0. The van der Waals surface area contributed by atoms with Crippen LogP contribution in [0.2, 0.25) is 5.02 Å². The van der Waals surface area contributed by atoms with Crippen molar-refractivity contribution in [3.63, 3.8) is 0 Å². The van der Waals surface area contributed by atoms with Gasteiger partial charge in [0.25, 0.3) is 5.56 Å². The van der Waals surface area contributed by atoms with Crippen molar-refractivity contribution in [2.45, 2.75) is 64.8 Å². The quantitative estimate of drug-likeness (QED) is 0.320. The molecule has 8 nitrogen and oxygen atoms in total. The average Bonchev–Trinajstić information content (AvgIpc) is 3.46. The average molecular weight is 586 g/mol. The Labute approximate surface area is 249 Å². The standard InChI is InChI=1S/C33H36ClN5O3/c1-32(2,3)18-39-17-24-22(13-26(34)29-23(24)16-35-37-29)25-14-33(25,31(39)42)15-28(40)38-10-8-19(9-11-38)21-12-20-6-4-5-7-27(20)36-30(21)41/h4-7,12-13,16,19,25H,8-11,14-15,17-18H2,1-3H3,(H,35,37)(H,36,41)/t25-,33+/m1/s1. The van der Waals surface area contributed by atoms with Gasteiger partial charge >= 0.3 is 0 Å². The van der Waals surface area contributed by atoms with Gasteiger partial charge < -0.3 is 14.8 Å². The van der Waals surface area contributed by atoms with Crippen molar-refractivity contribution in [1.29, 1.82) is 0 Å². The van der Waals surface area contributed by atoms with Crippen molar-refractivity contribution >= 4 is 45.2 Å². The highest BCUT2D eigenvalue weighted by atomic mass is 35.5. The van der Waals surface area contributed by atoms with Crippen molar-refractivity contribution < 1.29 is 9.59 Å². The second kappa shape index (κ2) is 9.69. The molecule has 1 saturated carbocycles. The van der Waals surface area contributed by atoms with E-state index in [1.54, 1.807) is 6.20 Å². The largest absolute Gasteiger partial charge is 0.343 e. The molecule has 1 saturated heterocycles. The third kappa shape index (κ3) is 4.51. The van der Waals surface area contributed by atoms with Crippen LogP contribution in [-0.2, 0) is 16.1 Å². The summed E-state index contributed by atoms with van der Waals surface area (Å²) < 4.78 is 0. The van der Waals surface area contributed by atoms with Crippen molar-refractivity contribution in [2.24, 2.45) is 10.8 Å². The van der Waals surface area contributed by atoms with Crippen LogP contribution in [0, 0.1) is 10.8 Å². The Morgan fingerprint density at radius 2 is 1.88 bits per heavy atom. The number of likely N-dealkylation sites (tertiary alicyclic amines) is 1. The van der Waals surface area contributed by atoms with E-state index in [2.05, 4.69) is 36.0 Å². The van der Waals surface area contributed by atoms with E-state index < -0.39 is 5.41 Å². The number of amides is 2. The maximum atomic E-state index is 14.3. The molecule has 42 heavy (non-hydrogen) atoms. The van der Waals surface area contributed by atoms with Crippen LogP contribution < -0.4 is 5.56 Å². The highest BCUT2D eigenvalue weighted by Crippen LogP contribution is 2.65. The molecule has 2 aliphatic heterocycles. The summed E-state index contributed by atoms with van der Waals surface area (Å²) in [7, 11) is 0. The summed E-state index contributed by atoms with van der Waals surface area (Å²) in [4.78, 5) is 47.8. The number of para-hydroxylation sites is 1. The van der Waals surface area contributed by atoms with E-state index in [1.807, 2.05) is 46.2 Å². The molecule has 0 radical (unpaired) electrons. The summed E-state index contributed by atoms with van der Waals surface area (Å²) in [6, 6.07) is 11.8. The highest BCUT2D eigenvalue weighted by molar-refractivity contribution is 6.35. The van der Waals surface area contributed by atoms with Gasteiger partial charge in [0.05, 0.1) is 22.2 Å². The minimum absolute atomic E-state index is 0.0198. The normalized spacial score (nSPS) is 22.8. The summed E-state index contributed by atoms with van der Waals surface area (Å²) in [5.41, 5.74) is 3.67. The van der Waals surface area contributed by atoms with Crippen LogP contribution in [0.3, 0.4) is 0 Å². The molecule has 2 atom stereocenters. The Morgan fingerprint density at radius 1 is 1.12 bits per heavy atom. The third-order valence-electron chi connectivity index (χ3n) is 9.55. The molecule has 2 aromatic carbocycles. The number of aromatic nitrogens is 3. The first-order valence-electron chi connectivity index (χ1n) is 14.9. The van der Waals surface area contributed by atoms with Crippen LogP contribution in [0.15, 0.2) is 47.4 Å². The molecule has 4 aromatic rings. The number of nitrogens with zero attached hydrogens (tertiary/aromatic N) is 3. The Bertz CT molecular complexity index is 1800. The van der Waals surface area contributed by atoms with Crippen LogP contribution >= 0.6 is 11.6 Å². The molecule has 4 heterocycles. The molecule has 2 N–H and O–H groups in total. The van der Waals surface area contributed by atoms with Gasteiger partial charge in [-0.15, -0.1) is 0 Å². The second-order valence-corrected chi connectivity index (χ2v) is 14.1. The van der Waals surface area contributed by atoms with Gasteiger partial charge in [-0.05, 0) is 65.3 Å². The van der Waals surface area contributed by atoms with Crippen molar-refractivity contribution in [3.8, 4) is 0 Å². The molecule has 0 spiro atoms. The molecular weight excluding hydrogens is 550 g/mol. The minimum Gasteiger partial charge on any atom is -0.343 e. The van der Waals surface area contributed by atoms with Gasteiger partial charge in [0, 0.05) is 55.0 Å². The molecule has 2 aromatic heterocycles. The minimum atomic E-state index is -0.749. The van der Waals surface area contributed by atoms with Gasteiger partial charge in [0.2, 0.25) is 11.8 Å². The van der Waals surface area contributed by atoms with E-state index in [0.29, 0.717) is 37.6 Å². The molecule has 1 aliphatic carbocycles. The number of benzene rings is 2. The fraction of sp³-hybridized carbons (Fsp3) is 0.455. The SMILES string of the molecule is CC(C)(C)CN1Cc2c(cc(Cl)c3[nH]ncc23)[C@H]2C[C@@]2(CC(=O)N2CCC(c3cc4ccccc4[nH]c3=O)CC2)C1=O. The van der Waals surface area contributed by atoms with E-state index in [1.165, 1.54) is 0 Å². The van der Waals surface area contributed by atoms with E-state index in [0.717, 1.165) is 51.3 Å². The first-order valence-corrected chi connectivity index (χ1v) is 15.3. The van der Waals surface area contributed by atoms with Crippen molar-refractivity contribution in [3.05, 3.63) is 74.7 Å². The van der Waals surface area contributed by atoms with Crippen LogP contribution in [0.4, 0.5) is 0 Å². The summed E-state index contributed by atoms with van der Waals surface area (Å²) in [6.07, 6.45) is 4.09. The van der Waals surface area contributed by atoms with Gasteiger partial charge in [-0.2, -0.15) is 5.10 Å². The molecule has 9 heteroatoms. The number of pyridine rings is 1. The van der Waals surface area contributed by atoms with Crippen LogP contribution in [0.5, 0.6) is 0 Å². The van der Waals surface area contributed by atoms with Crippen molar-refractivity contribution in [1.82, 2.24) is 25.0 Å². The number of halogens is 1. The van der Waals surface area contributed by atoms with E-state index in [4.69, 9.17) is 11.6 Å². The predicted octanol–water partition coefficient (Wildman–Crippen LogP) is 5.72. The highest BCUT2D eigenvalue weighted by Gasteiger charge is 2.64. The zero-order chi connectivity index (χ0) is 29.4. The Hall–Kier alpha value is -3.65. The number of hydrogen-bond donors (Lipinski definition) is 2. The zero-order valence-corrected chi connectivity index (χ0v) is 25.1. The van der Waals surface area contributed by atoms with Gasteiger partial charge in [-0.1, -0.05) is 50.6 Å². The fourth-order valence-electron chi connectivity index (χ4n) is 7.42. The number of carbonyl (C=O) groups excluding carboxylic acids is 2. The van der Waals surface area contributed by atoms with Crippen LogP contribution in [0.1, 0.15) is 75.0 Å². The molecule has 2 fully saturated rings. The maximum Gasteiger partial charge on any atom is 0.251 e. The number of hydrogen-bond acceptors (Lipinski definition) is 4. The van der Waals surface area contributed by atoms with E-state index in [-0.39, 0.29) is 41.0 Å². The first kappa shape index (κ1) is 27.2. The maximum absolute atomic E-state index is 14.3. The number of H-pyrrole nitrogens is 2. The van der Waals surface area contributed by atoms with Crippen molar-refractivity contribution in [2.75, 3.05) is 19.6 Å². The van der Waals surface area contributed by atoms with Gasteiger partial charge in [0.1, 0.15) is 0 Å². The number of aromatic amines is 2. The lowest BCUT2D eigenvalue weighted by Gasteiger charge is -2.35. The molecule has 0 bridgehead atoms. The van der Waals surface area contributed by atoms with Crippen LogP contribution in [0.25, 0.3) is 21.8 Å². The second-order valence-electron chi connectivity index (χ2n) is 13.7. The number of nitrogens with one attached hydrogen (secondary N) is 2. The Balaban J connectivity index is 1.13. The lowest BCUT2D eigenvalue weighted by atomic mass is 9.88. The van der Waals surface area contributed by atoms with E-state index in [9.17, 15) is 14.4 Å². The fourth-order valence-corrected chi connectivity index (χ4v) is 7.68. The molecule has 7 rings (SSSR count). The lowest BCUT2D eigenvalue weighted by Crippen LogP contribution is -2.44. The van der Waals surface area contributed by atoms with Gasteiger partial charge in [-0.3, -0.25) is 19.5 Å². The number of fused-ring (bicyclic) bond motifs is 6. The summed E-state index contributed by atoms with van der Waals surface area (Å²) in [5.74, 6) is 0.144. The predicted molar refractivity (Wildman–Crippen MR) is 164 cm³/mol. The van der Waals surface area contributed by atoms with Gasteiger partial charge in [-0.25, -0.2) is 0 Å². The number of piperidine rings is 1. The Morgan fingerprint density at radius 3 is 2.64 bits per heavy atom.